The van der Waals surface area contributed by atoms with E-state index in [4.69, 9.17) is 10.5 Å². The number of primary amides is 1. The zero-order valence-electron chi connectivity index (χ0n) is 23.6. The smallest absolute Gasteiger partial charge is 0.339 e. The number of likely N-dealkylation sites (N-methyl/N-ethyl adjacent to an activating group) is 1. The summed E-state index contributed by atoms with van der Waals surface area (Å²) < 4.78 is 4.99. The lowest BCUT2D eigenvalue weighted by Gasteiger charge is -2.53. The first kappa shape index (κ1) is 30.2. The minimum Gasteiger partial charge on any atom is -0.508 e. The van der Waals surface area contributed by atoms with E-state index in [1.165, 1.54) is 31.1 Å². The SMILES string of the molecule is CCOC(=O)c1csc(Nc2ccc3c(c2O)C(O)=C2C(=O)C4(O)C(O)=C(C(N)=O)C(=O)C(N(C)C)C4C(O)C2C3C)c1. The fraction of sp³-hybridized carbons (Fsp3) is 0.379. The molecule has 5 rings (SSSR count). The summed E-state index contributed by atoms with van der Waals surface area (Å²) >= 11 is 1.16. The Morgan fingerprint density at radius 3 is 2.47 bits per heavy atom. The fourth-order valence-electron chi connectivity index (χ4n) is 6.57. The molecule has 1 heterocycles. The number of fused-ring (bicyclic) bond motifs is 3. The quantitative estimate of drug-likeness (QED) is 0.140. The number of aliphatic hydroxyl groups is 4. The van der Waals surface area contributed by atoms with Crippen molar-refractivity contribution in [2.75, 3.05) is 26.0 Å². The second kappa shape index (κ2) is 10.5. The molecule has 1 saturated carbocycles. The molecule has 6 unspecified atom stereocenters. The lowest BCUT2D eigenvalue weighted by Crippen LogP contribution is -2.70. The number of ketones is 2. The molecule has 0 saturated heterocycles. The first-order valence-electron chi connectivity index (χ1n) is 13.4. The Hall–Kier alpha value is -4.24. The zero-order valence-corrected chi connectivity index (χ0v) is 24.4. The number of hydrogen-bond donors (Lipinski definition) is 7. The van der Waals surface area contributed by atoms with Gasteiger partial charge in [0, 0.05) is 16.9 Å². The molecular weight excluding hydrogens is 582 g/mol. The number of Topliss-reactive ketones (excluding diaryl/α,β-unsaturated/α-hetero) is 2. The number of nitrogens with one attached hydrogen (secondary N) is 1. The maximum Gasteiger partial charge on any atom is 0.339 e. The maximum absolute atomic E-state index is 14.1. The zero-order chi connectivity index (χ0) is 31.7. The van der Waals surface area contributed by atoms with Crippen LogP contribution in [0.1, 0.15) is 41.3 Å². The van der Waals surface area contributed by atoms with Crippen LogP contribution < -0.4 is 11.1 Å². The molecular formula is C29H31N3O10S. The number of aromatic hydroxyl groups is 1. The lowest BCUT2D eigenvalue weighted by atomic mass is 9.54. The number of aliphatic hydroxyl groups excluding tert-OH is 3. The molecule has 6 atom stereocenters. The van der Waals surface area contributed by atoms with Crippen LogP contribution >= 0.6 is 11.3 Å². The lowest BCUT2D eigenvalue weighted by molar-refractivity contribution is -0.169. The van der Waals surface area contributed by atoms with E-state index in [9.17, 15) is 44.7 Å². The van der Waals surface area contributed by atoms with Gasteiger partial charge >= 0.3 is 5.97 Å². The highest BCUT2D eigenvalue weighted by atomic mass is 32.1. The van der Waals surface area contributed by atoms with E-state index < -0.39 is 87.4 Å². The number of phenolic OH excluding ortho intramolecular Hbond substituents is 1. The van der Waals surface area contributed by atoms with Crippen molar-refractivity contribution in [3.8, 4) is 5.75 Å². The minimum absolute atomic E-state index is 0.115. The maximum atomic E-state index is 14.1. The van der Waals surface area contributed by atoms with Crippen LogP contribution in [0.5, 0.6) is 5.75 Å². The number of benzene rings is 1. The van der Waals surface area contributed by atoms with Crippen LogP contribution in [0.15, 0.2) is 40.5 Å². The predicted molar refractivity (Wildman–Crippen MR) is 154 cm³/mol. The van der Waals surface area contributed by atoms with Crippen molar-refractivity contribution in [2.24, 2.45) is 17.6 Å². The molecule has 3 aliphatic rings. The largest absolute Gasteiger partial charge is 0.508 e. The van der Waals surface area contributed by atoms with Crippen molar-refractivity contribution in [2.45, 2.75) is 37.5 Å². The number of phenols is 1. The molecule has 1 amide bonds. The van der Waals surface area contributed by atoms with Crippen molar-refractivity contribution in [1.82, 2.24) is 4.90 Å². The summed E-state index contributed by atoms with van der Waals surface area (Å²) in [5.74, 6) is -10.1. The second-order valence-electron chi connectivity index (χ2n) is 11.0. The Bertz CT molecular complexity index is 1640. The topological polar surface area (TPSA) is 220 Å². The number of nitrogens with two attached hydrogens (primary N) is 1. The molecule has 0 aliphatic heterocycles. The van der Waals surface area contributed by atoms with Gasteiger partial charge in [-0.05, 0) is 44.6 Å². The first-order chi connectivity index (χ1) is 20.2. The van der Waals surface area contributed by atoms with Gasteiger partial charge in [0.2, 0.25) is 5.78 Å². The van der Waals surface area contributed by atoms with Crippen LogP contribution in [-0.2, 0) is 19.1 Å². The molecule has 43 heavy (non-hydrogen) atoms. The van der Waals surface area contributed by atoms with Gasteiger partial charge in [0.15, 0.2) is 11.4 Å². The van der Waals surface area contributed by atoms with Gasteiger partial charge in [-0.15, -0.1) is 11.3 Å². The molecule has 13 nitrogen and oxygen atoms in total. The van der Waals surface area contributed by atoms with Gasteiger partial charge in [-0.1, -0.05) is 13.0 Å². The second-order valence-corrected chi connectivity index (χ2v) is 11.9. The third-order valence-corrected chi connectivity index (χ3v) is 9.34. The van der Waals surface area contributed by atoms with Gasteiger partial charge in [-0.2, -0.15) is 0 Å². The molecule has 2 aromatic rings. The van der Waals surface area contributed by atoms with Crippen LogP contribution in [0, 0.1) is 11.8 Å². The monoisotopic (exact) mass is 613 g/mol. The standard InChI is InChI=1S/C29H31N3O10S/c1-5-42-28(40)11-8-14(43-9-11)31-13-7-6-12-10(2)15-17(22(34)16(12)21(13)33)25(37)29(41)19(23(15)35)20(32(3)4)24(36)18(26(29)38)27(30)39/h6-10,15,19-20,23,31,33-35,38,41H,5H2,1-4H3,(H2,30,39). The Labute approximate surface area is 249 Å². The Kier molecular flexibility index (Phi) is 7.37. The number of carbonyl (C=O) groups excluding carboxylic acids is 4. The average Bonchev–Trinajstić information content (AvgIpc) is 3.40. The molecule has 0 bridgehead atoms. The van der Waals surface area contributed by atoms with Gasteiger partial charge < -0.3 is 41.3 Å². The number of nitrogens with zero attached hydrogens (tertiary/aromatic N) is 1. The number of carbonyl (C=O) groups is 4. The summed E-state index contributed by atoms with van der Waals surface area (Å²) in [5.41, 5.74) is 1.51. The number of ether oxygens (including phenoxy) is 1. The van der Waals surface area contributed by atoms with Crippen LogP contribution in [0.2, 0.25) is 0 Å². The fourth-order valence-corrected chi connectivity index (χ4v) is 7.36. The molecule has 1 fully saturated rings. The molecule has 3 aliphatic carbocycles. The van der Waals surface area contributed by atoms with E-state index in [0.717, 1.165) is 11.3 Å². The predicted octanol–water partition coefficient (Wildman–Crippen LogP) is 1.48. The van der Waals surface area contributed by atoms with Crippen LogP contribution in [0.3, 0.4) is 0 Å². The molecule has 228 valence electrons. The number of hydrogen-bond acceptors (Lipinski definition) is 13. The summed E-state index contributed by atoms with van der Waals surface area (Å²) in [5, 5.41) is 62.2. The van der Waals surface area contributed by atoms with E-state index in [-0.39, 0.29) is 17.9 Å². The number of esters is 1. The highest BCUT2D eigenvalue weighted by Crippen LogP contribution is 2.56. The summed E-state index contributed by atoms with van der Waals surface area (Å²) in [7, 11) is 2.89. The van der Waals surface area contributed by atoms with E-state index in [0.29, 0.717) is 16.1 Å². The summed E-state index contributed by atoms with van der Waals surface area (Å²) in [6.07, 6.45) is -1.68. The summed E-state index contributed by atoms with van der Waals surface area (Å²) in [4.78, 5) is 52.9. The van der Waals surface area contributed by atoms with Crippen molar-refractivity contribution in [1.29, 1.82) is 0 Å². The first-order valence-corrected chi connectivity index (χ1v) is 14.3. The average molecular weight is 614 g/mol. The van der Waals surface area contributed by atoms with E-state index in [2.05, 4.69) is 5.32 Å². The van der Waals surface area contributed by atoms with Crippen LogP contribution in [-0.4, -0.2) is 92.3 Å². The van der Waals surface area contributed by atoms with Crippen molar-refractivity contribution < 1.29 is 49.4 Å². The highest BCUT2D eigenvalue weighted by Gasteiger charge is 2.68. The van der Waals surface area contributed by atoms with Crippen molar-refractivity contribution in [3.63, 3.8) is 0 Å². The van der Waals surface area contributed by atoms with Crippen molar-refractivity contribution >= 4 is 51.2 Å². The minimum atomic E-state index is -2.99. The summed E-state index contributed by atoms with van der Waals surface area (Å²) in [6.45, 7) is 3.52. The molecule has 8 N–H and O–H groups in total. The number of amides is 1. The Morgan fingerprint density at radius 2 is 1.86 bits per heavy atom. The van der Waals surface area contributed by atoms with E-state index in [1.807, 2.05) is 0 Å². The normalized spacial score (nSPS) is 28.4. The van der Waals surface area contributed by atoms with Gasteiger partial charge in [-0.25, -0.2) is 4.79 Å². The van der Waals surface area contributed by atoms with E-state index in [1.54, 1.807) is 25.3 Å². The Morgan fingerprint density at radius 1 is 1.19 bits per heavy atom. The molecule has 1 aromatic carbocycles. The van der Waals surface area contributed by atoms with Gasteiger partial charge in [0.05, 0.1) is 46.5 Å². The van der Waals surface area contributed by atoms with Gasteiger partial charge in [0.25, 0.3) is 5.91 Å². The summed E-state index contributed by atoms with van der Waals surface area (Å²) in [6, 6.07) is 3.21. The third-order valence-electron chi connectivity index (χ3n) is 8.50. The van der Waals surface area contributed by atoms with Gasteiger partial charge in [0.1, 0.15) is 22.8 Å². The van der Waals surface area contributed by atoms with E-state index >= 15 is 0 Å². The molecule has 0 radical (unpaired) electrons. The third kappa shape index (κ3) is 4.24. The van der Waals surface area contributed by atoms with Crippen molar-refractivity contribution in [3.05, 3.63) is 57.2 Å². The van der Waals surface area contributed by atoms with Crippen LogP contribution in [0.25, 0.3) is 5.76 Å². The number of thiophene rings is 1. The molecule has 14 heteroatoms. The van der Waals surface area contributed by atoms with Gasteiger partial charge in [-0.3, -0.25) is 19.3 Å². The Balaban J connectivity index is 1.65. The van der Waals surface area contributed by atoms with Crippen LogP contribution in [0.4, 0.5) is 10.7 Å². The molecule has 1 aromatic heterocycles. The molecule has 0 spiro atoms. The highest BCUT2D eigenvalue weighted by molar-refractivity contribution is 7.14. The number of anilines is 2. The number of rotatable bonds is 6.